The lowest BCUT2D eigenvalue weighted by molar-refractivity contribution is -0.144. The molecule has 0 spiro atoms. The number of methoxy groups -OCH3 is 1. The summed E-state index contributed by atoms with van der Waals surface area (Å²) in [6.45, 7) is 1.71. The second kappa shape index (κ2) is 7.11. The van der Waals surface area contributed by atoms with Crippen LogP contribution in [-0.4, -0.2) is 30.0 Å². The fourth-order valence-corrected chi connectivity index (χ4v) is 1.55. The number of rotatable bonds is 5. The molecule has 0 aliphatic rings. The molecule has 1 N–H and O–H groups in total. The van der Waals surface area contributed by atoms with Gasteiger partial charge in [-0.2, -0.15) is 5.26 Å². The van der Waals surface area contributed by atoms with Gasteiger partial charge in [-0.05, 0) is 12.1 Å². The highest BCUT2D eigenvalue weighted by Gasteiger charge is 2.27. The summed E-state index contributed by atoms with van der Waals surface area (Å²) in [5.41, 5.74) is 0.396. The van der Waals surface area contributed by atoms with Crippen LogP contribution in [0.5, 0.6) is 0 Å². The monoisotopic (exact) mass is 261 g/mol. The molecule has 1 heterocycles. The maximum Gasteiger partial charge on any atom is 0.328 e. The van der Waals surface area contributed by atoms with Crippen LogP contribution in [0.3, 0.4) is 0 Å². The SMILES string of the molecule is COC(=O)[C@H](NC(=O)c1ccncc1)[C@H](C)CC#N. The van der Waals surface area contributed by atoms with Gasteiger partial charge in [-0.25, -0.2) is 4.79 Å². The first-order chi connectivity index (χ1) is 9.10. The number of hydrogen-bond donors (Lipinski definition) is 1. The van der Waals surface area contributed by atoms with Crippen LogP contribution in [0.25, 0.3) is 0 Å². The lowest BCUT2D eigenvalue weighted by Gasteiger charge is -2.21. The zero-order valence-corrected chi connectivity index (χ0v) is 10.8. The van der Waals surface area contributed by atoms with Gasteiger partial charge in [0.2, 0.25) is 0 Å². The molecule has 0 radical (unpaired) electrons. The van der Waals surface area contributed by atoms with E-state index in [0.29, 0.717) is 5.56 Å². The van der Waals surface area contributed by atoms with E-state index >= 15 is 0 Å². The smallest absolute Gasteiger partial charge is 0.328 e. The summed E-state index contributed by atoms with van der Waals surface area (Å²) < 4.78 is 4.64. The predicted octanol–water partition coefficient (Wildman–Crippen LogP) is 0.903. The molecule has 0 aliphatic carbocycles. The lowest BCUT2D eigenvalue weighted by Crippen LogP contribution is -2.45. The van der Waals surface area contributed by atoms with Crippen molar-refractivity contribution in [3.05, 3.63) is 30.1 Å². The average molecular weight is 261 g/mol. The molecule has 1 aromatic heterocycles. The van der Waals surface area contributed by atoms with E-state index in [1.165, 1.54) is 19.5 Å². The van der Waals surface area contributed by atoms with Crippen molar-refractivity contribution in [3.8, 4) is 6.07 Å². The van der Waals surface area contributed by atoms with Crippen molar-refractivity contribution in [2.75, 3.05) is 7.11 Å². The minimum Gasteiger partial charge on any atom is -0.467 e. The van der Waals surface area contributed by atoms with Crippen LogP contribution in [0, 0.1) is 17.2 Å². The van der Waals surface area contributed by atoms with Crippen molar-refractivity contribution < 1.29 is 14.3 Å². The van der Waals surface area contributed by atoms with Gasteiger partial charge in [-0.15, -0.1) is 0 Å². The van der Waals surface area contributed by atoms with Gasteiger partial charge in [0.1, 0.15) is 6.04 Å². The summed E-state index contributed by atoms with van der Waals surface area (Å²) >= 11 is 0. The van der Waals surface area contributed by atoms with Crippen molar-refractivity contribution in [2.45, 2.75) is 19.4 Å². The molecule has 2 atom stereocenters. The summed E-state index contributed by atoms with van der Waals surface area (Å²) in [6.07, 6.45) is 3.12. The molecule has 0 unspecified atom stereocenters. The van der Waals surface area contributed by atoms with Crippen LogP contribution < -0.4 is 5.32 Å². The van der Waals surface area contributed by atoms with Crippen LogP contribution >= 0.6 is 0 Å². The van der Waals surface area contributed by atoms with Crippen molar-refractivity contribution in [3.63, 3.8) is 0 Å². The molecule has 0 fully saturated rings. The Kier molecular flexibility index (Phi) is 5.48. The number of nitriles is 1. The molecular formula is C13H15N3O3. The Hall–Kier alpha value is -2.42. The third kappa shape index (κ3) is 4.07. The van der Waals surface area contributed by atoms with Gasteiger partial charge < -0.3 is 10.1 Å². The molecule has 0 saturated carbocycles. The molecular weight excluding hydrogens is 246 g/mol. The van der Waals surface area contributed by atoms with Gasteiger partial charge in [0.25, 0.3) is 5.91 Å². The fourth-order valence-electron chi connectivity index (χ4n) is 1.55. The Morgan fingerprint density at radius 1 is 1.47 bits per heavy atom. The van der Waals surface area contributed by atoms with Crippen molar-refractivity contribution in [1.29, 1.82) is 5.26 Å². The van der Waals surface area contributed by atoms with E-state index in [0.717, 1.165) is 0 Å². The zero-order valence-electron chi connectivity index (χ0n) is 10.8. The molecule has 100 valence electrons. The number of carbonyl (C=O) groups is 2. The van der Waals surface area contributed by atoms with E-state index in [2.05, 4.69) is 15.0 Å². The summed E-state index contributed by atoms with van der Waals surface area (Å²) in [4.78, 5) is 27.4. The highest BCUT2D eigenvalue weighted by Crippen LogP contribution is 2.10. The van der Waals surface area contributed by atoms with Crippen LogP contribution in [0.4, 0.5) is 0 Å². The van der Waals surface area contributed by atoms with Crippen LogP contribution in [0.15, 0.2) is 24.5 Å². The quantitative estimate of drug-likeness (QED) is 0.795. The van der Waals surface area contributed by atoms with E-state index in [-0.39, 0.29) is 12.3 Å². The van der Waals surface area contributed by atoms with Gasteiger partial charge in [-0.3, -0.25) is 9.78 Å². The van der Waals surface area contributed by atoms with Crippen LogP contribution in [0.2, 0.25) is 0 Å². The molecule has 6 heteroatoms. The molecule has 19 heavy (non-hydrogen) atoms. The van der Waals surface area contributed by atoms with E-state index in [1.54, 1.807) is 19.1 Å². The Morgan fingerprint density at radius 3 is 2.63 bits per heavy atom. The third-order valence-corrected chi connectivity index (χ3v) is 2.67. The van der Waals surface area contributed by atoms with Gasteiger partial charge in [0.15, 0.2) is 0 Å². The van der Waals surface area contributed by atoms with Gasteiger partial charge in [0.05, 0.1) is 13.2 Å². The van der Waals surface area contributed by atoms with Crippen LogP contribution in [-0.2, 0) is 9.53 Å². The number of aromatic nitrogens is 1. The van der Waals surface area contributed by atoms with Gasteiger partial charge in [0, 0.05) is 30.3 Å². The number of ether oxygens (including phenoxy) is 1. The van der Waals surface area contributed by atoms with Crippen molar-refractivity contribution in [2.24, 2.45) is 5.92 Å². The Bertz CT molecular complexity index is 482. The highest BCUT2D eigenvalue weighted by atomic mass is 16.5. The maximum atomic E-state index is 12.0. The zero-order chi connectivity index (χ0) is 14.3. The molecule has 1 rings (SSSR count). The second-order valence-electron chi connectivity index (χ2n) is 4.05. The Balaban J connectivity index is 2.81. The number of pyridine rings is 1. The molecule has 0 aliphatic heterocycles. The number of amides is 1. The Labute approximate surface area is 111 Å². The second-order valence-corrected chi connectivity index (χ2v) is 4.05. The van der Waals surface area contributed by atoms with E-state index < -0.39 is 17.9 Å². The predicted molar refractivity (Wildman–Crippen MR) is 66.9 cm³/mol. The molecule has 6 nitrogen and oxygen atoms in total. The molecule has 1 aromatic rings. The molecule has 0 aromatic carbocycles. The van der Waals surface area contributed by atoms with Crippen molar-refractivity contribution >= 4 is 11.9 Å². The van der Waals surface area contributed by atoms with Crippen LogP contribution in [0.1, 0.15) is 23.7 Å². The number of nitrogens with one attached hydrogen (secondary N) is 1. The third-order valence-electron chi connectivity index (χ3n) is 2.67. The summed E-state index contributed by atoms with van der Waals surface area (Å²) in [6, 6.07) is 4.21. The van der Waals surface area contributed by atoms with Gasteiger partial charge in [-0.1, -0.05) is 6.92 Å². The standard InChI is InChI=1S/C13H15N3O3/c1-9(3-6-14)11(13(18)19-2)16-12(17)10-4-7-15-8-5-10/h4-5,7-9,11H,3H2,1-2H3,(H,16,17)/t9-,11-/m1/s1. The first-order valence-electron chi connectivity index (χ1n) is 5.75. The average Bonchev–Trinajstić information content (AvgIpc) is 2.44. The summed E-state index contributed by atoms with van der Waals surface area (Å²) in [5, 5.41) is 11.2. The summed E-state index contributed by atoms with van der Waals surface area (Å²) in [7, 11) is 1.24. The highest BCUT2D eigenvalue weighted by molar-refractivity contribution is 5.96. The van der Waals surface area contributed by atoms with E-state index in [4.69, 9.17) is 5.26 Å². The maximum absolute atomic E-state index is 12.0. The Morgan fingerprint density at radius 2 is 2.11 bits per heavy atom. The minimum atomic E-state index is -0.842. The molecule has 1 amide bonds. The van der Waals surface area contributed by atoms with Gasteiger partial charge >= 0.3 is 5.97 Å². The largest absolute Gasteiger partial charge is 0.467 e. The molecule has 0 saturated heterocycles. The van der Waals surface area contributed by atoms with E-state index in [9.17, 15) is 9.59 Å². The lowest BCUT2D eigenvalue weighted by atomic mass is 9.98. The first-order valence-corrected chi connectivity index (χ1v) is 5.75. The number of hydrogen-bond acceptors (Lipinski definition) is 5. The first kappa shape index (κ1) is 14.6. The number of carbonyl (C=O) groups excluding carboxylic acids is 2. The topological polar surface area (TPSA) is 92.1 Å². The minimum absolute atomic E-state index is 0.149. The number of esters is 1. The summed E-state index contributed by atoms with van der Waals surface area (Å²) in [5.74, 6) is -1.30. The number of nitrogens with zero attached hydrogens (tertiary/aromatic N) is 2. The fraction of sp³-hybridized carbons (Fsp3) is 0.385. The van der Waals surface area contributed by atoms with E-state index in [1.807, 2.05) is 6.07 Å². The molecule has 0 bridgehead atoms. The van der Waals surface area contributed by atoms with Crippen molar-refractivity contribution in [1.82, 2.24) is 10.3 Å². The normalized spacial score (nSPS) is 12.9.